The normalized spacial score (nSPS) is 22.5. The average molecular weight is 244 g/mol. The van der Waals surface area contributed by atoms with E-state index in [1.54, 1.807) is 12.0 Å². The average Bonchev–Trinajstić information content (AvgIpc) is 2.64. The van der Waals surface area contributed by atoms with Crippen molar-refractivity contribution in [2.45, 2.75) is 26.4 Å². The lowest BCUT2D eigenvalue weighted by molar-refractivity contribution is -0.133. The Morgan fingerprint density at radius 2 is 2.19 bits per heavy atom. The molecule has 1 amide bonds. The van der Waals surface area contributed by atoms with Crippen molar-refractivity contribution >= 4 is 23.1 Å². The quantitative estimate of drug-likeness (QED) is 0.743. The number of carbonyl (C=O) groups is 1. The molecule has 0 bridgehead atoms. The zero-order chi connectivity index (χ0) is 12.3. The summed E-state index contributed by atoms with van der Waals surface area (Å²) in [7, 11) is 1.67. The van der Waals surface area contributed by atoms with Crippen LogP contribution in [0, 0.1) is 11.8 Å². The van der Waals surface area contributed by atoms with Crippen LogP contribution in [-0.2, 0) is 9.53 Å². The maximum absolute atomic E-state index is 12.2. The first-order valence-corrected chi connectivity index (χ1v) is 5.99. The Hall–Kier alpha value is -0.680. The smallest absolute Gasteiger partial charge is 0.232 e. The van der Waals surface area contributed by atoms with Gasteiger partial charge in [0.25, 0.3) is 0 Å². The van der Waals surface area contributed by atoms with Crippen molar-refractivity contribution in [1.29, 1.82) is 0 Å². The van der Waals surface area contributed by atoms with Gasteiger partial charge in [-0.15, -0.1) is 0 Å². The summed E-state index contributed by atoms with van der Waals surface area (Å²) in [6.07, 6.45) is 1.05. The van der Waals surface area contributed by atoms with Crippen LogP contribution >= 0.6 is 12.2 Å². The fourth-order valence-corrected chi connectivity index (χ4v) is 2.43. The minimum Gasteiger partial charge on any atom is -0.393 e. The molecule has 0 spiro atoms. The number of likely N-dealkylation sites (tertiary alicyclic amines) is 1. The molecule has 2 atom stereocenters. The van der Waals surface area contributed by atoms with E-state index in [1.807, 2.05) is 13.8 Å². The highest BCUT2D eigenvalue weighted by molar-refractivity contribution is 7.80. The lowest BCUT2D eigenvalue weighted by atomic mass is 9.94. The van der Waals surface area contributed by atoms with E-state index in [0.717, 1.165) is 13.0 Å². The summed E-state index contributed by atoms with van der Waals surface area (Å²) in [5, 5.41) is 0. The first kappa shape index (κ1) is 13.4. The molecule has 0 radical (unpaired) electrons. The number of thiocarbonyl (C=S) groups is 1. The lowest BCUT2D eigenvalue weighted by Gasteiger charge is -2.25. The van der Waals surface area contributed by atoms with Crippen molar-refractivity contribution in [1.82, 2.24) is 4.90 Å². The zero-order valence-electron chi connectivity index (χ0n) is 10.1. The second kappa shape index (κ2) is 5.59. The van der Waals surface area contributed by atoms with E-state index in [0.29, 0.717) is 11.5 Å². The summed E-state index contributed by atoms with van der Waals surface area (Å²) < 4.78 is 5.23. The molecule has 1 heterocycles. The van der Waals surface area contributed by atoms with E-state index in [4.69, 9.17) is 22.7 Å². The number of methoxy groups -OCH3 is 1. The van der Waals surface area contributed by atoms with E-state index < -0.39 is 0 Å². The van der Waals surface area contributed by atoms with E-state index in [9.17, 15) is 4.79 Å². The highest BCUT2D eigenvalue weighted by Crippen LogP contribution is 2.19. The Balaban J connectivity index is 2.66. The minimum absolute atomic E-state index is 0.0436. The maximum atomic E-state index is 12.2. The third kappa shape index (κ3) is 2.92. The van der Waals surface area contributed by atoms with Gasteiger partial charge >= 0.3 is 0 Å². The predicted molar refractivity (Wildman–Crippen MR) is 67.1 cm³/mol. The molecule has 0 aromatic carbocycles. The van der Waals surface area contributed by atoms with E-state index in [-0.39, 0.29) is 23.8 Å². The second-order valence-electron chi connectivity index (χ2n) is 4.55. The Kier molecular flexibility index (Phi) is 4.68. The van der Waals surface area contributed by atoms with Gasteiger partial charge in [-0.3, -0.25) is 4.79 Å². The van der Waals surface area contributed by atoms with Crippen LogP contribution in [0.25, 0.3) is 0 Å². The zero-order valence-corrected chi connectivity index (χ0v) is 10.9. The third-order valence-corrected chi connectivity index (χ3v) is 3.28. The highest BCUT2D eigenvalue weighted by atomic mass is 32.1. The molecular weight excluding hydrogens is 224 g/mol. The van der Waals surface area contributed by atoms with Gasteiger partial charge in [-0.2, -0.15) is 0 Å². The van der Waals surface area contributed by atoms with Crippen LogP contribution in [-0.4, -0.2) is 42.1 Å². The molecule has 4 nitrogen and oxygen atoms in total. The number of rotatable bonds is 4. The van der Waals surface area contributed by atoms with Crippen LogP contribution in [0.4, 0.5) is 0 Å². The first-order valence-electron chi connectivity index (χ1n) is 5.58. The molecule has 16 heavy (non-hydrogen) atoms. The SMILES string of the molecule is COC1CCN(C(=O)C(C(N)=S)C(C)C)C1. The van der Waals surface area contributed by atoms with Crippen LogP contribution in [0.3, 0.4) is 0 Å². The molecule has 1 rings (SSSR count). The fourth-order valence-electron chi connectivity index (χ4n) is 2.05. The van der Waals surface area contributed by atoms with Gasteiger partial charge in [0.2, 0.25) is 5.91 Å². The van der Waals surface area contributed by atoms with Crippen molar-refractivity contribution in [2.24, 2.45) is 17.6 Å². The van der Waals surface area contributed by atoms with Gasteiger partial charge in [0.15, 0.2) is 0 Å². The first-order chi connectivity index (χ1) is 7.47. The third-order valence-electron chi connectivity index (χ3n) is 3.03. The van der Waals surface area contributed by atoms with E-state index in [1.165, 1.54) is 0 Å². The van der Waals surface area contributed by atoms with Gasteiger partial charge in [-0.1, -0.05) is 26.1 Å². The summed E-state index contributed by atoms with van der Waals surface area (Å²) in [6, 6.07) is 0. The van der Waals surface area contributed by atoms with Crippen molar-refractivity contribution in [3.8, 4) is 0 Å². The number of hydrogen-bond acceptors (Lipinski definition) is 3. The standard InChI is InChI=1S/C11H20N2O2S/c1-7(2)9(10(12)16)11(14)13-5-4-8(6-13)15-3/h7-9H,4-6H2,1-3H3,(H2,12,16). The second-order valence-corrected chi connectivity index (χ2v) is 5.03. The van der Waals surface area contributed by atoms with E-state index >= 15 is 0 Å². The largest absolute Gasteiger partial charge is 0.393 e. The lowest BCUT2D eigenvalue weighted by Crippen LogP contribution is -2.43. The molecule has 1 saturated heterocycles. The molecule has 0 aliphatic carbocycles. The molecule has 2 unspecified atom stereocenters. The topological polar surface area (TPSA) is 55.6 Å². The molecule has 1 aliphatic rings. The fraction of sp³-hybridized carbons (Fsp3) is 0.818. The molecule has 0 aromatic rings. The summed E-state index contributed by atoms with van der Waals surface area (Å²) in [5.74, 6) is -0.153. The molecule has 0 aromatic heterocycles. The minimum atomic E-state index is -0.342. The number of ether oxygens (including phenoxy) is 1. The van der Waals surface area contributed by atoms with Crippen molar-refractivity contribution in [3.05, 3.63) is 0 Å². The van der Waals surface area contributed by atoms with Gasteiger partial charge in [-0.25, -0.2) is 0 Å². The summed E-state index contributed by atoms with van der Waals surface area (Å²) in [5.41, 5.74) is 5.63. The van der Waals surface area contributed by atoms with Crippen molar-refractivity contribution in [2.75, 3.05) is 20.2 Å². The highest BCUT2D eigenvalue weighted by Gasteiger charge is 2.33. The molecular formula is C11H20N2O2S. The van der Waals surface area contributed by atoms with Crippen molar-refractivity contribution < 1.29 is 9.53 Å². The summed E-state index contributed by atoms with van der Waals surface area (Å²) >= 11 is 4.96. The Labute approximate surface area is 102 Å². The molecule has 92 valence electrons. The number of amides is 1. The van der Waals surface area contributed by atoms with Crippen molar-refractivity contribution in [3.63, 3.8) is 0 Å². The number of nitrogens with zero attached hydrogens (tertiary/aromatic N) is 1. The molecule has 1 fully saturated rings. The van der Waals surface area contributed by atoms with Gasteiger partial charge < -0.3 is 15.4 Å². The van der Waals surface area contributed by atoms with Crippen LogP contribution in [0.1, 0.15) is 20.3 Å². The predicted octanol–water partition coefficient (Wildman–Crippen LogP) is 0.792. The Morgan fingerprint density at radius 3 is 2.56 bits per heavy atom. The van der Waals surface area contributed by atoms with Gasteiger partial charge in [0, 0.05) is 20.2 Å². The van der Waals surface area contributed by atoms with Crippen LogP contribution in [0.15, 0.2) is 0 Å². The molecule has 5 heteroatoms. The number of hydrogen-bond donors (Lipinski definition) is 1. The molecule has 2 N–H and O–H groups in total. The van der Waals surface area contributed by atoms with Gasteiger partial charge in [0.05, 0.1) is 17.0 Å². The van der Waals surface area contributed by atoms with Crippen LogP contribution in [0.5, 0.6) is 0 Å². The monoisotopic (exact) mass is 244 g/mol. The maximum Gasteiger partial charge on any atom is 0.232 e. The molecule has 1 aliphatic heterocycles. The van der Waals surface area contributed by atoms with Gasteiger partial charge in [-0.05, 0) is 12.3 Å². The van der Waals surface area contributed by atoms with Crippen LogP contribution in [0.2, 0.25) is 0 Å². The van der Waals surface area contributed by atoms with E-state index in [2.05, 4.69) is 0 Å². The summed E-state index contributed by atoms with van der Waals surface area (Å²) in [4.78, 5) is 14.3. The molecule has 0 saturated carbocycles. The Morgan fingerprint density at radius 1 is 1.56 bits per heavy atom. The summed E-state index contributed by atoms with van der Waals surface area (Å²) in [6.45, 7) is 5.32. The van der Waals surface area contributed by atoms with Crippen LogP contribution < -0.4 is 5.73 Å². The number of nitrogens with two attached hydrogens (primary N) is 1. The van der Waals surface area contributed by atoms with Gasteiger partial charge in [0.1, 0.15) is 0 Å². The Bertz CT molecular complexity index is 281. The number of carbonyl (C=O) groups excluding carboxylic acids is 1.